The minimum atomic E-state index is 0.307. The average Bonchev–Trinajstić information content (AvgIpc) is 1.94. The molecule has 2 heteroatoms. The first-order valence-electron chi connectivity index (χ1n) is 4.35. The van der Waals surface area contributed by atoms with Crippen LogP contribution in [0.3, 0.4) is 0 Å². The Hall–Kier alpha value is -0.530. The Labute approximate surface area is 68.6 Å². The highest BCUT2D eigenvalue weighted by atomic mass is 16.2. The molecular weight excluding hydrogens is 138 g/mol. The third kappa shape index (κ3) is 1.95. The van der Waals surface area contributed by atoms with Crippen LogP contribution in [0.15, 0.2) is 0 Å². The third-order valence-electron chi connectivity index (χ3n) is 2.61. The van der Waals surface area contributed by atoms with Crippen LogP contribution in [0.2, 0.25) is 0 Å². The Morgan fingerprint density at radius 1 is 1.55 bits per heavy atom. The lowest BCUT2D eigenvalue weighted by molar-refractivity contribution is -0.133. The maximum absolute atomic E-state index is 11.1. The largest absolute Gasteiger partial charge is 0.345 e. The van der Waals surface area contributed by atoms with Crippen LogP contribution in [0.25, 0.3) is 0 Å². The third-order valence-corrected chi connectivity index (χ3v) is 2.61. The van der Waals surface area contributed by atoms with Crippen molar-refractivity contribution in [1.29, 1.82) is 0 Å². The number of rotatable bonds is 1. The molecule has 0 aliphatic carbocycles. The van der Waals surface area contributed by atoms with Crippen LogP contribution in [-0.4, -0.2) is 24.4 Å². The molecule has 1 heterocycles. The van der Waals surface area contributed by atoms with Crippen LogP contribution in [-0.2, 0) is 4.79 Å². The van der Waals surface area contributed by atoms with E-state index in [1.165, 1.54) is 0 Å². The predicted molar refractivity (Wildman–Crippen MR) is 45.2 cm³/mol. The summed E-state index contributed by atoms with van der Waals surface area (Å²) in [5, 5.41) is 0. The Bertz CT molecular complexity index is 154. The second-order valence-corrected chi connectivity index (χ2v) is 3.82. The fourth-order valence-corrected chi connectivity index (χ4v) is 1.59. The molecular formula is C9H17NO. The molecule has 0 N–H and O–H groups in total. The first-order chi connectivity index (χ1) is 5.11. The van der Waals surface area contributed by atoms with Crippen molar-refractivity contribution in [1.82, 2.24) is 4.90 Å². The highest BCUT2D eigenvalue weighted by Gasteiger charge is 2.24. The van der Waals surface area contributed by atoms with E-state index in [2.05, 4.69) is 13.8 Å². The van der Waals surface area contributed by atoms with Gasteiger partial charge in [0.25, 0.3) is 0 Å². The summed E-state index contributed by atoms with van der Waals surface area (Å²) in [6, 6.07) is 0. The van der Waals surface area contributed by atoms with Gasteiger partial charge >= 0.3 is 0 Å². The first kappa shape index (κ1) is 8.57. The second-order valence-electron chi connectivity index (χ2n) is 3.82. The van der Waals surface area contributed by atoms with Crippen molar-refractivity contribution in [2.45, 2.75) is 26.7 Å². The zero-order chi connectivity index (χ0) is 8.43. The van der Waals surface area contributed by atoms with E-state index in [1.54, 1.807) is 0 Å². The van der Waals surface area contributed by atoms with Crippen molar-refractivity contribution in [3.63, 3.8) is 0 Å². The van der Waals surface area contributed by atoms with Crippen LogP contribution in [0.5, 0.6) is 0 Å². The van der Waals surface area contributed by atoms with Gasteiger partial charge in [-0.3, -0.25) is 4.79 Å². The van der Waals surface area contributed by atoms with E-state index in [-0.39, 0.29) is 0 Å². The van der Waals surface area contributed by atoms with Crippen LogP contribution in [0.4, 0.5) is 0 Å². The maximum Gasteiger partial charge on any atom is 0.222 e. The molecule has 0 radical (unpaired) electrons. The molecule has 64 valence electrons. The van der Waals surface area contributed by atoms with Crippen molar-refractivity contribution in [2.75, 3.05) is 13.6 Å². The molecule has 0 aromatic carbocycles. The fraction of sp³-hybridized carbons (Fsp3) is 0.889. The molecule has 1 unspecified atom stereocenters. The average molecular weight is 155 g/mol. The maximum atomic E-state index is 11.1. The van der Waals surface area contributed by atoms with E-state index >= 15 is 0 Å². The SMILES string of the molecule is CC(C)C1CCC(=O)N(C)C1. The van der Waals surface area contributed by atoms with Gasteiger partial charge in [-0.2, -0.15) is 0 Å². The smallest absolute Gasteiger partial charge is 0.222 e. The molecule has 0 spiro atoms. The molecule has 0 saturated carbocycles. The Kier molecular flexibility index (Phi) is 2.53. The molecule has 0 aromatic rings. The predicted octanol–water partition coefficient (Wildman–Crippen LogP) is 1.51. The van der Waals surface area contributed by atoms with Gasteiger partial charge in [-0.25, -0.2) is 0 Å². The molecule has 1 aliphatic heterocycles. The molecule has 1 amide bonds. The summed E-state index contributed by atoms with van der Waals surface area (Å²) in [6.07, 6.45) is 1.83. The fourth-order valence-electron chi connectivity index (χ4n) is 1.59. The quantitative estimate of drug-likeness (QED) is 0.562. The van der Waals surface area contributed by atoms with E-state index in [1.807, 2.05) is 11.9 Å². The molecule has 1 saturated heterocycles. The highest BCUT2D eigenvalue weighted by Crippen LogP contribution is 2.22. The van der Waals surface area contributed by atoms with E-state index < -0.39 is 0 Å². The van der Waals surface area contributed by atoms with Crippen LogP contribution in [0, 0.1) is 11.8 Å². The van der Waals surface area contributed by atoms with Gasteiger partial charge in [0.15, 0.2) is 0 Å². The van der Waals surface area contributed by atoms with E-state index in [0.717, 1.165) is 25.3 Å². The summed E-state index contributed by atoms with van der Waals surface area (Å²) < 4.78 is 0. The molecule has 1 atom stereocenters. The summed E-state index contributed by atoms with van der Waals surface area (Å²) >= 11 is 0. The Morgan fingerprint density at radius 3 is 2.64 bits per heavy atom. The van der Waals surface area contributed by atoms with Gasteiger partial charge in [0.2, 0.25) is 5.91 Å². The van der Waals surface area contributed by atoms with Crippen molar-refractivity contribution in [3.8, 4) is 0 Å². The van der Waals surface area contributed by atoms with Gasteiger partial charge in [-0.05, 0) is 18.3 Å². The minimum absolute atomic E-state index is 0.307. The normalized spacial score (nSPS) is 26.4. The monoisotopic (exact) mass is 155 g/mol. The van der Waals surface area contributed by atoms with Gasteiger partial charge < -0.3 is 4.90 Å². The summed E-state index contributed by atoms with van der Waals surface area (Å²) in [5.74, 6) is 1.74. The molecule has 1 rings (SSSR count). The number of amides is 1. The topological polar surface area (TPSA) is 20.3 Å². The number of nitrogens with zero attached hydrogens (tertiary/aromatic N) is 1. The number of carbonyl (C=O) groups is 1. The van der Waals surface area contributed by atoms with Crippen LogP contribution >= 0.6 is 0 Å². The van der Waals surface area contributed by atoms with E-state index in [0.29, 0.717) is 11.8 Å². The zero-order valence-electron chi connectivity index (χ0n) is 7.63. The Balaban J connectivity index is 2.46. The van der Waals surface area contributed by atoms with Gasteiger partial charge in [0.05, 0.1) is 0 Å². The summed E-state index contributed by atoms with van der Waals surface area (Å²) in [6.45, 7) is 5.42. The summed E-state index contributed by atoms with van der Waals surface area (Å²) in [4.78, 5) is 12.9. The number of carbonyl (C=O) groups excluding carboxylic acids is 1. The van der Waals surface area contributed by atoms with Gasteiger partial charge in [-0.15, -0.1) is 0 Å². The number of hydrogen-bond donors (Lipinski definition) is 0. The lowest BCUT2D eigenvalue weighted by Gasteiger charge is -2.31. The minimum Gasteiger partial charge on any atom is -0.345 e. The Morgan fingerprint density at radius 2 is 2.18 bits per heavy atom. The molecule has 1 aliphatic rings. The second kappa shape index (κ2) is 3.24. The van der Waals surface area contributed by atoms with Crippen molar-refractivity contribution in [3.05, 3.63) is 0 Å². The molecule has 1 fully saturated rings. The summed E-state index contributed by atoms with van der Waals surface area (Å²) in [7, 11) is 1.90. The highest BCUT2D eigenvalue weighted by molar-refractivity contribution is 5.76. The van der Waals surface area contributed by atoms with Crippen LogP contribution in [0.1, 0.15) is 26.7 Å². The number of likely N-dealkylation sites (tertiary alicyclic amines) is 1. The van der Waals surface area contributed by atoms with Crippen molar-refractivity contribution in [2.24, 2.45) is 11.8 Å². The first-order valence-corrected chi connectivity index (χ1v) is 4.35. The number of piperidine rings is 1. The molecule has 2 nitrogen and oxygen atoms in total. The van der Waals surface area contributed by atoms with Gasteiger partial charge in [0.1, 0.15) is 0 Å². The molecule has 0 aromatic heterocycles. The van der Waals surface area contributed by atoms with Gasteiger partial charge in [-0.1, -0.05) is 13.8 Å². The van der Waals surface area contributed by atoms with Crippen molar-refractivity contribution < 1.29 is 4.79 Å². The number of hydrogen-bond acceptors (Lipinski definition) is 1. The lowest BCUT2D eigenvalue weighted by Crippen LogP contribution is -2.38. The standard InChI is InChI=1S/C9H17NO/c1-7(2)8-4-5-9(11)10(3)6-8/h7-8H,4-6H2,1-3H3. The van der Waals surface area contributed by atoms with Crippen molar-refractivity contribution >= 4 is 5.91 Å². The van der Waals surface area contributed by atoms with Gasteiger partial charge in [0, 0.05) is 20.0 Å². The van der Waals surface area contributed by atoms with Crippen LogP contribution < -0.4 is 0 Å². The zero-order valence-corrected chi connectivity index (χ0v) is 7.63. The molecule has 11 heavy (non-hydrogen) atoms. The lowest BCUT2D eigenvalue weighted by atomic mass is 9.88. The summed E-state index contributed by atoms with van der Waals surface area (Å²) in [5.41, 5.74) is 0. The molecule has 0 bridgehead atoms. The van der Waals surface area contributed by atoms with E-state index in [9.17, 15) is 4.79 Å². The van der Waals surface area contributed by atoms with E-state index in [4.69, 9.17) is 0 Å².